The van der Waals surface area contributed by atoms with E-state index < -0.39 is 6.85 Å². The van der Waals surface area contributed by atoms with E-state index in [4.69, 9.17) is 8.85 Å². The molecule has 0 saturated carbocycles. The molecule has 65 heavy (non-hydrogen) atoms. The molecule has 0 aliphatic carbocycles. The fourth-order valence-corrected chi connectivity index (χ4v) is 8.82. The smallest absolute Gasteiger partial charge is 0.135 e. The van der Waals surface area contributed by atoms with Gasteiger partial charge in [-0.15, -0.1) is 53.6 Å². The van der Waals surface area contributed by atoms with Crippen molar-refractivity contribution < 1.29 is 34.3 Å². The maximum absolute atomic E-state index is 14.1. The Bertz CT molecular complexity index is 3390. The molecule has 10 rings (SSSR count). The molecule has 1 aliphatic rings. The van der Waals surface area contributed by atoms with Crippen molar-refractivity contribution >= 4 is 44.6 Å². The van der Waals surface area contributed by atoms with Gasteiger partial charge in [-0.1, -0.05) is 87.8 Å². The summed E-state index contributed by atoms with van der Waals surface area (Å²) in [5.41, 5.74) is 11.5. The summed E-state index contributed by atoms with van der Waals surface area (Å²) in [7, 11) is 0. The zero-order valence-corrected chi connectivity index (χ0v) is 38.7. The third-order valence-electron chi connectivity index (χ3n) is 12.0. The van der Waals surface area contributed by atoms with Gasteiger partial charge in [-0.25, -0.2) is 9.37 Å². The molecule has 324 valence electrons. The van der Waals surface area contributed by atoms with Crippen LogP contribution < -0.4 is 14.5 Å². The van der Waals surface area contributed by atoms with Crippen LogP contribution >= 0.6 is 0 Å². The zero-order valence-electron chi connectivity index (χ0n) is 39.4. The predicted molar refractivity (Wildman–Crippen MR) is 257 cm³/mol. The molecule has 3 heterocycles. The number of fused-ring (bicyclic) bond motifs is 4. The summed E-state index contributed by atoms with van der Waals surface area (Å²) < 4.78 is 48.7. The van der Waals surface area contributed by atoms with Crippen LogP contribution in [0.3, 0.4) is 0 Å². The Hall–Kier alpha value is -7.00. The van der Waals surface area contributed by atoms with E-state index in [0.717, 1.165) is 72.5 Å². The summed E-state index contributed by atoms with van der Waals surface area (Å²) in [6.45, 7) is 10.3. The first-order valence-corrected chi connectivity index (χ1v) is 21.4. The minimum atomic E-state index is -2.60. The minimum absolute atomic E-state index is 0. The molecule has 0 saturated heterocycles. The molecule has 2 aromatic heterocycles. The van der Waals surface area contributed by atoms with Gasteiger partial charge in [0.15, 0.2) is 0 Å². The monoisotopic (exact) mass is 1030 g/mol. The Morgan fingerprint density at radius 2 is 1.49 bits per heavy atom. The van der Waals surface area contributed by atoms with Crippen LogP contribution in [-0.4, -0.2) is 9.55 Å². The fourth-order valence-electron chi connectivity index (χ4n) is 8.82. The van der Waals surface area contributed by atoms with Crippen LogP contribution in [0, 0.1) is 49.7 Å². The van der Waals surface area contributed by atoms with E-state index in [0.29, 0.717) is 28.3 Å². The number of hydrogen-bond donors (Lipinski definition) is 0. The number of aromatic nitrogens is 2. The molecule has 9 aromatic rings. The van der Waals surface area contributed by atoms with Crippen molar-refractivity contribution in [3.8, 4) is 45.6 Å². The number of halogens is 1. The Morgan fingerprint density at radius 1 is 0.723 bits per heavy atom. The molecule has 0 N–H and O–H groups in total. The number of anilines is 4. The van der Waals surface area contributed by atoms with E-state index in [2.05, 4.69) is 121 Å². The maximum Gasteiger partial charge on any atom is 0.135 e. The number of ether oxygens (including phenoxy) is 1. The van der Waals surface area contributed by atoms with Gasteiger partial charge in [0.05, 0.1) is 11.6 Å². The number of nitrogens with zero attached hydrogens (tertiary/aromatic N) is 5. The quantitative estimate of drug-likeness (QED) is 0.135. The van der Waals surface area contributed by atoms with Crippen LogP contribution in [0.1, 0.15) is 71.5 Å². The number of aryl methyl sites for hydroxylation is 1. The van der Waals surface area contributed by atoms with Crippen molar-refractivity contribution in [2.45, 2.75) is 53.3 Å². The third-order valence-corrected chi connectivity index (χ3v) is 12.0. The van der Waals surface area contributed by atoms with Gasteiger partial charge in [0.1, 0.15) is 11.6 Å². The summed E-state index contributed by atoms with van der Waals surface area (Å²) in [6, 6.07) is 53.1. The van der Waals surface area contributed by atoms with Gasteiger partial charge >= 0.3 is 0 Å². The molecule has 0 bridgehead atoms. The molecule has 6 nitrogen and oxygen atoms in total. The summed E-state index contributed by atoms with van der Waals surface area (Å²) in [5, 5.41) is 12.2. The van der Waals surface area contributed by atoms with Gasteiger partial charge in [-0.2, -0.15) is 11.3 Å². The average molecular weight is 1030 g/mol. The molecule has 8 heteroatoms. The zero-order chi connectivity index (χ0) is 46.7. The minimum Gasteiger partial charge on any atom is -0.509 e. The standard InChI is InChI=1S/C57H45FN5O.Pt/c1-35(2)50-29-41(39-18-20-43(58)21-19-39)30-51(36(3)4)57(50)62-34-61(53-24-17-37(5)26-55(53)62)44-27-42(47-14-11-12-40(33-59)38(47)6)28-46(31-44)64-45-22-23-49-48-13-7-8-15-52(48)63(54(49)32-45)56-16-9-10-25-60-56;/h7-30,34-36H,1-6H3;/q-3;/i6D3;. The van der Waals surface area contributed by atoms with Crippen molar-refractivity contribution in [2.24, 2.45) is 0 Å². The van der Waals surface area contributed by atoms with Crippen molar-refractivity contribution in [2.75, 3.05) is 9.80 Å². The second kappa shape index (κ2) is 17.5. The summed E-state index contributed by atoms with van der Waals surface area (Å²) in [6.07, 6.45) is 1.76. The first kappa shape index (κ1) is 39.6. The van der Waals surface area contributed by atoms with E-state index in [1.807, 2.05) is 60.7 Å². The van der Waals surface area contributed by atoms with Crippen molar-refractivity contribution in [3.05, 3.63) is 198 Å². The summed E-state index contributed by atoms with van der Waals surface area (Å²) >= 11 is 0. The van der Waals surface area contributed by atoms with E-state index >= 15 is 0 Å². The Balaban J connectivity index is 0.00000578. The molecule has 1 aliphatic heterocycles. The molecule has 0 spiro atoms. The summed E-state index contributed by atoms with van der Waals surface area (Å²) in [5.74, 6) is 1.43. The first-order valence-electron chi connectivity index (χ1n) is 22.9. The second-order valence-electron chi connectivity index (χ2n) is 16.9. The van der Waals surface area contributed by atoms with Gasteiger partial charge in [-0.3, -0.25) is 0 Å². The number of para-hydroxylation sites is 1. The molecule has 7 aromatic carbocycles. The van der Waals surface area contributed by atoms with Gasteiger partial charge < -0.3 is 19.1 Å². The van der Waals surface area contributed by atoms with Crippen LogP contribution in [0.15, 0.2) is 146 Å². The molecule has 0 fully saturated rings. The van der Waals surface area contributed by atoms with Crippen LogP contribution in [0.25, 0.3) is 49.9 Å². The normalized spacial score (nSPS) is 13.1. The number of nitriles is 1. The maximum atomic E-state index is 14.1. The van der Waals surface area contributed by atoms with Crippen molar-refractivity contribution in [1.29, 1.82) is 5.26 Å². The number of pyridine rings is 1. The van der Waals surface area contributed by atoms with E-state index in [1.165, 1.54) is 18.2 Å². The van der Waals surface area contributed by atoms with Crippen molar-refractivity contribution in [3.63, 3.8) is 0 Å². The summed E-state index contributed by atoms with van der Waals surface area (Å²) in [4.78, 5) is 8.98. The predicted octanol–water partition coefficient (Wildman–Crippen LogP) is 15.2. The number of hydrogen-bond acceptors (Lipinski definition) is 5. The van der Waals surface area contributed by atoms with Gasteiger partial charge in [0.2, 0.25) is 0 Å². The third kappa shape index (κ3) is 7.87. The van der Waals surface area contributed by atoms with Crippen LogP contribution in [0.2, 0.25) is 0 Å². The molecule has 0 amide bonds. The molecule has 0 radical (unpaired) electrons. The molecular weight excluding hydrogens is 985 g/mol. The van der Waals surface area contributed by atoms with Crippen molar-refractivity contribution in [1.82, 2.24) is 9.55 Å². The van der Waals surface area contributed by atoms with Crippen LogP contribution in [0.5, 0.6) is 11.5 Å². The van der Waals surface area contributed by atoms with E-state index in [1.54, 1.807) is 24.4 Å². The molecule has 0 unspecified atom stereocenters. The Morgan fingerprint density at radius 3 is 2.22 bits per heavy atom. The molecular formula is C57H45FN5OPt-3. The Labute approximate surface area is 398 Å². The molecule has 0 atom stereocenters. The van der Waals surface area contributed by atoms with E-state index in [9.17, 15) is 9.65 Å². The Kier molecular flexibility index (Phi) is 10.7. The number of rotatable bonds is 9. The fraction of sp³-hybridized carbons (Fsp3) is 0.140. The topological polar surface area (TPSA) is 57.3 Å². The van der Waals surface area contributed by atoms with Crippen LogP contribution in [0.4, 0.5) is 27.1 Å². The van der Waals surface area contributed by atoms with Gasteiger partial charge in [-0.05, 0) is 131 Å². The second-order valence-corrected chi connectivity index (χ2v) is 16.9. The SMILES string of the molecule is [2H]C([2H])([2H])c1c(C#N)cccc1-c1cc(Oc2[c-]c3c(cc2)c2ccccc2n3-c2ccccn2)[c-]c(N2[CH-]N(c3c(C(C)C)cc(-c4ccc(F)cc4)cc3C(C)C)c3cc(C)ccc32)c1.[Pt]. The average Bonchev–Trinajstić information content (AvgIpc) is 3.86. The first-order chi connectivity index (χ1) is 32.3. The largest absolute Gasteiger partial charge is 0.509 e. The van der Waals surface area contributed by atoms with Gasteiger partial charge in [0, 0.05) is 65.5 Å². The van der Waals surface area contributed by atoms with Gasteiger partial charge in [0.25, 0.3) is 0 Å². The van der Waals surface area contributed by atoms with Crippen LogP contribution in [-0.2, 0) is 21.1 Å². The van der Waals surface area contributed by atoms with E-state index in [-0.39, 0.29) is 49.8 Å². The number of benzene rings is 7.